The molecule has 0 aliphatic heterocycles. The van der Waals surface area contributed by atoms with Gasteiger partial charge >= 0.3 is 0 Å². The molecule has 0 atom stereocenters. The Morgan fingerprint density at radius 1 is 1.00 bits per heavy atom. The predicted molar refractivity (Wildman–Crippen MR) is 56.8 cm³/mol. The summed E-state index contributed by atoms with van der Waals surface area (Å²) in [4.78, 5) is 0. The maximum absolute atomic E-state index is 9.50. The first-order valence-electron chi connectivity index (χ1n) is 2.78. The van der Waals surface area contributed by atoms with Crippen LogP contribution in [0, 0.1) is 0 Å². The zero-order valence-electron chi connectivity index (χ0n) is 6.66. The van der Waals surface area contributed by atoms with Crippen molar-refractivity contribution >= 4 is 36.2 Å². The molecule has 0 spiro atoms. The predicted octanol–water partition coefficient (Wildman–Crippen LogP) is 2.28. The van der Waals surface area contributed by atoms with Gasteiger partial charge in [-0.2, -0.15) is 0 Å². The summed E-state index contributed by atoms with van der Waals surface area (Å²) in [6, 6.07) is 7.15. The van der Waals surface area contributed by atoms with Gasteiger partial charge < -0.3 is 11.5 Å². The summed E-state index contributed by atoms with van der Waals surface area (Å²) in [7, 11) is 0.500. The van der Waals surface area contributed by atoms with Crippen LogP contribution in [0.1, 0.15) is 0 Å². The van der Waals surface area contributed by atoms with E-state index >= 15 is 0 Å². The zero-order chi connectivity index (χ0) is 7.98. The van der Waals surface area contributed by atoms with Crippen LogP contribution in [-0.2, 0) is 0 Å². The van der Waals surface area contributed by atoms with Gasteiger partial charge in [0.25, 0.3) is 0 Å². The molecular weight excluding hydrogens is 202 g/mol. The third-order valence-electron chi connectivity index (χ3n) is 0.911. The van der Waals surface area contributed by atoms with E-state index in [1.165, 1.54) is 0 Å². The van der Waals surface area contributed by atoms with E-state index in [0.29, 0.717) is 18.6 Å². The van der Waals surface area contributed by atoms with Gasteiger partial charge in [0, 0.05) is 11.4 Å². The van der Waals surface area contributed by atoms with Gasteiger partial charge in [-0.15, -0.1) is 24.8 Å². The van der Waals surface area contributed by atoms with Gasteiger partial charge in [-0.25, -0.2) is 0 Å². The van der Waals surface area contributed by atoms with Crippen molar-refractivity contribution in [3.05, 3.63) is 24.3 Å². The maximum Gasteiger partial charge on any atom is 0.0785 e. The molecule has 1 aromatic carbocycles. The molecule has 0 saturated heterocycles. The number of hydrogen-bond donors (Lipinski definition) is 2. The normalized spacial score (nSPS) is 6.50. The van der Waals surface area contributed by atoms with Gasteiger partial charge in [0.05, 0.1) is 7.18 Å². The molecule has 0 amide bonds. The molecular formula is C7H13Cl2FN2. The van der Waals surface area contributed by atoms with E-state index in [0.717, 1.165) is 0 Å². The average molecular weight is 215 g/mol. The molecule has 0 unspecified atom stereocenters. The van der Waals surface area contributed by atoms with Crippen LogP contribution in [0.4, 0.5) is 15.8 Å². The zero-order valence-corrected chi connectivity index (χ0v) is 8.29. The van der Waals surface area contributed by atoms with Crippen LogP contribution in [0.5, 0.6) is 0 Å². The summed E-state index contributed by atoms with van der Waals surface area (Å²) >= 11 is 0. The number of rotatable bonds is 0. The number of halogens is 3. The number of nitrogen functional groups attached to an aromatic ring is 2. The quantitative estimate of drug-likeness (QED) is 0.652. The largest absolute Gasteiger partial charge is 0.399 e. The number of benzene rings is 1. The fourth-order valence-electron chi connectivity index (χ4n) is 0.559. The van der Waals surface area contributed by atoms with Crippen molar-refractivity contribution in [1.29, 1.82) is 0 Å². The minimum Gasteiger partial charge on any atom is -0.399 e. The summed E-state index contributed by atoms with van der Waals surface area (Å²) in [5.41, 5.74) is 12.2. The molecule has 1 aromatic rings. The van der Waals surface area contributed by atoms with Crippen molar-refractivity contribution < 1.29 is 4.39 Å². The summed E-state index contributed by atoms with van der Waals surface area (Å²) in [5.74, 6) is 0. The maximum atomic E-state index is 9.50. The fourth-order valence-corrected chi connectivity index (χ4v) is 0.559. The topological polar surface area (TPSA) is 52.0 Å². The van der Waals surface area contributed by atoms with Crippen LogP contribution in [0.15, 0.2) is 24.3 Å². The van der Waals surface area contributed by atoms with Crippen LogP contribution < -0.4 is 11.5 Å². The van der Waals surface area contributed by atoms with Gasteiger partial charge in [-0.1, -0.05) is 6.07 Å². The third-order valence-corrected chi connectivity index (χ3v) is 0.911. The van der Waals surface area contributed by atoms with Crippen LogP contribution >= 0.6 is 24.8 Å². The second-order valence-corrected chi connectivity index (χ2v) is 1.67. The molecule has 0 radical (unpaired) electrons. The van der Waals surface area contributed by atoms with E-state index < -0.39 is 0 Å². The molecule has 4 N–H and O–H groups in total. The Labute approximate surface area is 84.0 Å². The Hall–Kier alpha value is -0.670. The van der Waals surface area contributed by atoms with E-state index in [1.807, 2.05) is 6.07 Å². The molecule has 0 aromatic heterocycles. The van der Waals surface area contributed by atoms with Crippen molar-refractivity contribution in [3.8, 4) is 0 Å². The number of alkyl halides is 1. The van der Waals surface area contributed by atoms with Crippen molar-refractivity contribution in [1.82, 2.24) is 0 Å². The van der Waals surface area contributed by atoms with E-state index in [-0.39, 0.29) is 24.8 Å². The monoisotopic (exact) mass is 214 g/mol. The molecule has 1 rings (SSSR count). The van der Waals surface area contributed by atoms with Crippen LogP contribution in [0.25, 0.3) is 0 Å². The van der Waals surface area contributed by atoms with Gasteiger partial charge in [-0.3, -0.25) is 4.39 Å². The first-order chi connectivity index (χ1) is 4.79. The van der Waals surface area contributed by atoms with Crippen LogP contribution in [-0.4, -0.2) is 7.18 Å². The number of nitrogens with two attached hydrogens (primary N) is 2. The van der Waals surface area contributed by atoms with Gasteiger partial charge in [0.1, 0.15) is 0 Å². The Morgan fingerprint density at radius 3 is 1.50 bits per heavy atom. The molecule has 0 bridgehead atoms. The highest BCUT2D eigenvalue weighted by atomic mass is 35.5. The Morgan fingerprint density at radius 2 is 1.33 bits per heavy atom. The first-order valence-corrected chi connectivity index (χ1v) is 2.78. The lowest BCUT2D eigenvalue weighted by molar-refractivity contribution is 0.636. The molecule has 0 heterocycles. The highest BCUT2D eigenvalue weighted by molar-refractivity contribution is 5.85. The highest BCUT2D eigenvalue weighted by Gasteiger charge is 1.81. The lowest BCUT2D eigenvalue weighted by Crippen LogP contribution is -1.87. The van der Waals surface area contributed by atoms with Gasteiger partial charge in [0.2, 0.25) is 0 Å². The molecule has 2 nitrogen and oxygen atoms in total. The number of hydrogen-bond acceptors (Lipinski definition) is 2. The van der Waals surface area contributed by atoms with E-state index in [2.05, 4.69) is 0 Å². The molecule has 12 heavy (non-hydrogen) atoms. The Kier molecular flexibility index (Phi) is 15.0. The molecule has 72 valence electrons. The minimum absolute atomic E-state index is 0. The lowest BCUT2D eigenvalue weighted by atomic mass is 10.3. The van der Waals surface area contributed by atoms with E-state index in [9.17, 15) is 4.39 Å². The fraction of sp³-hybridized carbons (Fsp3) is 0.143. The third kappa shape index (κ3) is 7.44. The summed E-state index contributed by atoms with van der Waals surface area (Å²) in [5, 5.41) is 0. The minimum atomic E-state index is 0. The Balaban J connectivity index is -0.000000189. The molecule has 0 fully saturated rings. The number of anilines is 2. The van der Waals surface area contributed by atoms with Crippen molar-refractivity contribution in [3.63, 3.8) is 0 Å². The van der Waals surface area contributed by atoms with Crippen LogP contribution in [0.2, 0.25) is 0 Å². The summed E-state index contributed by atoms with van der Waals surface area (Å²) in [6.07, 6.45) is 0. The van der Waals surface area contributed by atoms with Crippen molar-refractivity contribution in [2.75, 3.05) is 18.6 Å². The summed E-state index contributed by atoms with van der Waals surface area (Å²) < 4.78 is 9.50. The Bertz CT molecular complexity index is 179. The van der Waals surface area contributed by atoms with Crippen molar-refractivity contribution in [2.45, 2.75) is 0 Å². The summed E-state index contributed by atoms with van der Waals surface area (Å²) in [6.45, 7) is 0. The SMILES string of the molecule is CF.Cl.Cl.Nc1cccc(N)c1. The smallest absolute Gasteiger partial charge is 0.0785 e. The lowest BCUT2D eigenvalue weighted by Gasteiger charge is -1.91. The van der Waals surface area contributed by atoms with E-state index in [1.54, 1.807) is 18.2 Å². The standard InChI is InChI=1S/C6H8N2.CH3F.2ClH/c7-5-2-1-3-6(8)4-5;1-2;;/h1-4H,7-8H2;1H3;2*1H. The average Bonchev–Trinajstić information content (AvgIpc) is 1.91. The van der Waals surface area contributed by atoms with E-state index in [4.69, 9.17) is 11.5 Å². The second-order valence-electron chi connectivity index (χ2n) is 1.67. The molecule has 0 saturated carbocycles. The van der Waals surface area contributed by atoms with Gasteiger partial charge in [0.15, 0.2) is 0 Å². The molecule has 5 heteroatoms. The second kappa shape index (κ2) is 10.3. The molecule has 0 aliphatic rings. The van der Waals surface area contributed by atoms with Crippen LogP contribution in [0.3, 0.4) is 0 Å². The highest BCUT2D eigenvalue weighted by Crippen LogP contribution is 2.06. The first kappa shape index (κ1) is 17.4. The van der Waals surface area contributed by atoms with Gasteiger partial charge in [-0.05, 0) is 18.2 Å². The molecule has 0 aliphatic carbocycles. The van der Waals surface area contributed by atoms with Crippen molar-refractivity contribution in [2.24, 2.45) is 0 Å².